The van der Waals surface area contributed by atoms with Crippen molar-refractivity contribution in [1.82, 2.24) is 4.31 Å². The van der Waals surface area contributed by atoms with Crippen molar-refractivity contribution >= 4 is 15.7 Å². The predicted octanol–water partition coefficient (Wildman–Crippen LogP) is 1.13. The van der Waals surface area contributed by atoms with Crippen LogP contribution in [-0.4, -0.2) is 42.4 Å². The number of hydrogen-bond acceptors (Lipinski definition) is 5. The van der Waals surface area contributed by atoms with Crippen molar-refractivity contribution in [3.63, 3.8) is 0 Å². The number of aliphatic hydroxyl groups is 1. The molecule has 0 atom stereocenters. The van der Waals surface area contributed by atoms with E-state index in [0.717, 1.165) is 18.2 Å². The van der Waals surface area contributed by atoms with Crippen molar-refractivity contribution in [3.8, 4) is 0 Å². The van der Waals surface area contributed by atoms with Crippen LogP contribution in [0.3, 0.4) is 0 Å². The summed E-state index contributed by atoms with van der Waals surface area (Å²) in [7, 11) is -3.89. The standard InChI is InChI=1S/C12H15FN2O5S/c13-11-2-1-10(7-12(11)15(17)18)21(19,20)14-5-3-9(8-16)4-6-14/h1-2,7,9,16H,3-6,8H2. The van der Waals surface area contributed by atoms with Gasteiger partial charge in [-0.1, -0.05) is 0 Å². The van der Waals surface area contributed by atoms with E-state index >= 15 is 0 Å². The number of nitrogens with zero attached hydrogens (tertiary/aromatic N) is 2. The lowest BCUT2D eigenvalue weighted by atomic mass is 10.00. The van der Waals surface area contributed by atoms with Crippen LogP contribution in [0.25, 0.3) is 0 Å². The van der Waals surface area contributed by atoms with Crippen LogP contribution in [0.1, 0.15) is 12.8 Å². The van der Waals surface area contributed by atoms with E-state index in [0.29, 0.717) is 12.8 Å². The molecule has 1 saturated heterocycles. The highest BCUT2D eigenvalue weighted by Crippen LogP contribution is 2.27. The van der Waals surface area contributed by atoms with Crippen LogP contribution in [0.2, 0.25) is 0 Å². The van der Waals surface area contributed by atoms with E-state index in [-0.39, 0.29) is 30.5 Å². The number of sulfonamides is 1. The van der Waals surface area contributed by atoms with E-state index < -0.39 is 26.5 Å². The lowest BCUT2D eigenvalue weighted by molar-refractivity contribution is -0.387. The Bertz CT molecular complexity index is 641. The summed E-state index contributed by atoms with van der Waals surface area (Å²) in [5.41, 5.74) is -0.860. The normalized spacial score (nSPS) is 17.8. The molecule has 0 radical (unpaired) electrons. The third-order valence-corrected chi connectivity index (χ3v) is 5.48. The Morgan fingerprint density at radius 2 is 2.00 bits per heavy atom. The van der Waals surface area contributed by atoms with E-state index in [9.17, 15) is 22.9 Å². The highest BCUT2D eigenvalue weighted by molar-refractivity contribution is 7.89. The molecule has 116 valence electrons. The lowest BCUT2D eigenvalue weighted by Gasteiger charge is -2.30. The number of nitro benzene ring substituents is 1. The Hall–Kier alpha value is -1.58. The van der Waals surface area contributed by atoms with Crippen LogP contribution in [0.5, 0.6) is 0 Å². The highest BCUT2D eigenvalue weighted by atomic mass is 32.2. The van der Waals surface area contributed by atoms with Gasteiger partial charge in [0.05, 0.1) is 9.82 Å². The Kier molecular flexibility index (Phi) is 4.55. The number of hydrogen-bond donors (Lipinski definition) is 1. The molecule has 1 N–H and O–H groups in total. The summed E-state index contributed by atoms with van der Waals surface area (Å²) in [5, 5.41) is 19.7. The largest absolute Gasteiger partial charge is 0.396 e. The molecule has 1 aromatic rings. The Morgan fingerprint density at radius 1 is 1.38 bits per heavy atom. The van der Waals surface area contributed by atoms with E-state index in [4.69, 9.17) is 5.11 Å². The molecular weight excluding hydrogens is 303 g/mol. The van der Waals surface area contributed by atoms with Crippen molar-refractivity contribution in [2.45, 2.75) is 17.7 Å². The third-order valence-electron chi connectivity index (χ3n) is 3.58. The molecule has 0 saturated carbocycles. The molecule has 0 amide bonds. The van der Waals surface area contributed by atoms with Gasteiger partial charge < -0.3 is 5.11 Å². The SMILES string of the molecule is O=[N+]([O-])c1cc(S(=O)(=O)N2CCC(CO)CC2)ccc1F. The fourth-order valence-electron chi connectivity index (χ4n) is 2.27. The van der Waals surface area contributed by atoms with E-state index in [2.05, 4.69) is 0 Å². The van der Waals surface area contributed by atoms with Crippen LogP contribution in [-0.2, 0) is 10.0 Å². The van der Waals surface area contributed by atoms with Crippen molar-refractivity contribution in [3.05, 3.63) is 34.1 Å². The van der Waals surface area contributed by atoms with Gasteiger partial charge in [0.2, 0.25) is 15.8 Å². The van der Waals surface area contributed by atoms with Crippen LogP contribution in [0, 0.1) is 21.8 Å². The second-order valence-corrected chi connectivity index (χ2v) is 6.84. The summed E-state index contributed by atoms with van der Waals surface area (Å²) in [5.74, 6) is -1.00. The maximum Gasteiger partial charge on any atom is 0.306 e. The number of piperidine rings is 1. The van der Waals surface area contributed by atoms with Gasteiger partial charge in [-0.25, -0.2) is 8.42 Å². The first-order chi connectivity index (χ1) is 9.86. The fourth-order valence-corrected chi connectivity index (χ4v) is 3.76. The maximum atomic E-state index is 13.3. The summed E-state index contributed by atoms with van der Waals surface area (Å²) in [6.45, 7) is 0.480. The number of aliphatic hydroxyl groups excluding tert-OH is 1. The predicted molar refractivity (Wildman–Crippen MR) is 71.6 cm³/mol. The lowest BCUT2D eigenvalue weighted by Crippen LogP contribution is -2.39. The number of rotatable bonds is 4. The molecule has 0 unspecified atom stereocenters. The zero-order valence-corrected chi connectivity index (χ0v) is 11.9. The molecule has 1 fully saturated rings. The average Bonchev–Trinajstić information content (AvgIpc) is 2.47. The highest BCUT2D eigenvalue weighted by Gasteiger charge is 2.30. The number of halogens is 1. The quantitative estimate of drug-likeness (QED) is 0.662. The van der Waals surface area contributed by atoms with Crippen LogP contribution < -0.4 is 0 Å². The summed E-state index contributed by atoms with van der Waals surface area (Å²) in [6.07, 6.45) is 1.05. The fraction of sp³-hybridized carbons (Fsp3) is 0.500. The van der Waals surface area contributed by atoms with Gasteiger partial charge >= 0.3 is 5.69 Å². The van der Waals surface area contributed by atoms with Gasteiger partial charge in [-0.15, -0.1) is 0 Å². The van der Waals surface area contributed by atoms with Crippen molar-refractivity contribution in [2.75, 3.05) is 19.7 Å². The van der Waals surface area contributed by atoms with Gasteiger partial charge in [0.25, 0.3) is 0 Å². The van der Waals surface area contributed by atoms with E-state index in [1.165, 1.54) is 4.31 Å². The van der Waals surface area contributed by atoms with E-state index in [1.807, 2.05) is 0 Å². The zero-order chi connectivity index (χ0) is 15.6. The number of nitro groups is 1. The minimum atomic E-state index is -3.89. The van der Waals surface area contributed by atoms with Crippen molar-refractivity contribution in [1.29, 1.82) is 0 Å². The second-order valence-electron chi connectivity index (χ2n) is 4.90. The molecular formula is C12H15FN2O5S. The molecule has 7 nitrogen and oxygen atoms in total. The zero-order valence-electron chi connectivity index (χ0n) is 11.1. The second kappa shape index (κ2) is 6.04. The summed E-state index contributed by atoms with van der Waals surface area (Å²) >= 11 is 0. The first kappa shape index (κ1) is 15.8. The summed E-state index contributed by atoms with van der Waals surface area (Å²) < 4.78 is 39.2. The molecule has 1 aliphatic rings. The Balaban J connectivity index is 2.28. The molecule has 21 heavy (non-hydrogen) atoms. The minimum absolute atomic E-state index is 0.00983. The van der Waals surface area contributed by atoms with Crippen molar-refractivity contribution in [2.24, 2.45) is 5.92 Å². The molecule has 1 aromatic carbocycles. The van der Waals surface area contributed by atoms with Crippen LogP contribution in [0.4, 0.5) is 10.1 Å². The third kappa shape index (κ3) is 3.20. The molecule has 0 aromatic heterocycles. The van der Waals surface area contributed by atoms with Gasteiger partial charge in [-0.05, 0) is 30.9 Å². The maximum absolute atomic E-state index is 13.3. The van der Waals surface area contributed by atoms with Gasteiger partial charge in [-0.3, -0.25) is 10.1 Å². The summed E-state index contributed by atoms with van der Waals surface area (Å²) in [4.78, 5) is 9.44. The average molecular weight is 318 g/mol. The first-order valence-corrected chi connectivity index (χ1v) is 7.85. The van der Waals surface area contributed by atoms with Crippen molar-refractivity contribution < 1.29 is 22.8 Å². The smallest absolute Gasteiger partial charge is 0.306 e. The van der Waals surface area contributed by atoms with Gasteiger partial charge in [0.15, 0.2) is 0 Å². The molecule has 9 heteroatoms. The van der Waals surface area contributed by atoms with Gasteiger partial charge in [0.1, 0.15) is 0 Å². The number of benzene rings is 1. The molecule has 0 bridgehead atoms. The first-order valence-electron chi connectivity index (χ1n) is 6.41. The Morgan fingerprint density at radius 3 is 2.52 bits per heavy atom. The molecule has 1 heterocycles. The Labute approximate surface area is 121 Å². The van der Waals surface area contributed by atoms with Crippen LogP contribution in [0.15, 0.2) is 23.1 Å². The van der Waals surface area contributed by atoms with Gasteiger partial charge in [0, 0.05) is 25.8 Å². The summed E-state index contributed by atoms with van der Waals surface area (Å²) in [6, 6.07) is 2.55. The monoisotopic (exact) mass is 318 g/mol. The topological polar surface area (TPSA) is 101 Å². The van der Waals surface area contributed by atoms with E-state index in [1.54, 1.807) is 0 Å². The molecule has 2 rings (SSSR count). The molecule has 0 aliphatic carbocycles. The molecule has 0 spiro atoms. The minimum Gasteiger partial charge on any atom is -0.396 e. The molecule has 1 aliphatic heterocycles. The van der Waals surface area contributed by atoms with Gasteiger partial charge in [-0.2, -0.15) is 8.70 Å². The van der Waals surface area contributed by atoms with Crippen LogP contribution >= 0.6 is 0 Å².